The molecule has 1 unspecified atom stereocenters. The van der Waals surface area contributed by atoms with Crippen molar-refractivity contribution >= 4 is 11.9 Å². The van der Waals surface area contributed by atoms with Crippen LogP contribution in [0.5, 0.6) is 0 Å². The zero-order valence-electron chi connectivity index (χ0n) is 9.54. The third-order valence-electron chi connectivity index (χ3n) is 1.93. The van der Waals surface area contributed by atoms with Crippen LogP contribution in [0.25, 0.3) is 0 Å². The highest BCUT2D eigenvalue weighted by Gasteiger charge is 2.16. The van der Waals surface area contributed by atoms with Gasteiger partial charge in [-0.2, -0.15) is 0 Å². The van der Waals surface area contributed by atoms with Gasteiger partial charge in [0, 0.05) is 6.54 Å². The molecule has 0 aromatic heterocycles. The van der Waals surface area contributed by atoms with Crippen LogP contribution < -0.4 is 5.32 Å². The van der Waals surface area contributed by atoms with E-state index < -0.39 is 0 Å². The Hall–Kier alpha value is -1.10. The summed E-state index contributed by atoms with van der Waals surface area (Å²) >= 11 is 0. The number of rotatable bonds is 7. The van der Waals surface area contributed by atoms with Gasteiger partial charge in [0.1, 0.15) is 6.04 Å². The van der Waals surface area contributed by atoms with E-state index in [1.807, 2.05) is 6.92 Å². The van der Waals surface area contributed by atoms with Crippen LogP contribution in [-0.4, -0.2) is 38.2 Å². The molecule has 1 atom stereocenters. The lowest BCUT2D eigenvalue weighted by Crippen LogP contribution is -2.38. The third kappa shape index (κ3) is 6.06. The van der Waals surface area contributed by atoms with Crippen molar-refractivity contribution in [3.05, 3.63) is 0 Å². The van der Waals surface area contributed by atoms with Crippen LogP contribution in [0.3, 0.4) is 0 Å². The van der Waals surface area contributed by atoms with Gasteiger partial charge >= 0.3 is 11.9 Å². The Morgan fingerprint density at radius 3 is 2.47 bits per heavy atom. The summed E-state index contributed by atoms with van der Waals surface area (Å²) in [5.41, 5.74) is 0. The van der Waals surface area contributed by atoms with Crippen LogP contribution in [0.4, 0.5) is 0 Å². The predicted molar refractivity (Wildman–Crippen MR) is 55.3 cm³/mol. The number of hydrogen-bond donors (Lipinski definition) is 1. The number of methoxy groups -OCH3 is 1. The zero-order valence-corrected chi connectivity index (χ0v) is 9.54. The Morgan fingerprint density at radius 1 is 1.33 bits per heavy atom. The fraction of sp³-hybridized carbons (Fsp3) is 0.800. The highest BCUT2D eigenvalue weighted by Crippen LogP contribution is 1.95. The number of esters is 2. The molecular formula is C10H19NO4. The van der Waals surface area contributed by atoms with Crippen molar-refractivity contribution in [2.75, 3.05) is 20.3 Å². The van der Waals surface area contributed by atoms with Crippen LogP contribution in [0.15, 0.2) is 0 Å². The largest absolute Gasteiger partial charge is 0.469 e. The van der Waals surface area contributed by atoms with Crippen LogP contribution in [0.1, 0.15) is 26.7 Å². The number of hydrogen-bond acceptors (Lipinski definition) is 5. The summed E-state index contributed by atoms with van der Waals surface area (Å²) < 4.78 is 9.34. The fourth-order valence-electron chi connectivity index (χ4n) is 1.09. The molecule has 0 saturated carbocycles. The summed E-state index contributed by atoms with van der Waals surface area (Å²) in [5, 5.41) is 2.94. The van der Waals surface area contributed by atoms with Gasteiger partial charge in [-0.15, -0.1) is 0 Å². The number of carbonyl (C=O) groups is 2. The molecule has 0 aliphatic heterocycles. The number of ether oxygens (including phenoxy) is 2. The highest BCUT2D eigenvalue weighted by molar-refractivity contribution is 5.75. The molecule has 0 aliphatic carbocycles. The zero-order chi connectivity index (χ0) is 11.7. The molecule has 5 nitrogen and oxygen atoms in total. The Morgan fingerprint density at radius 2 is 2.00 bits per heavy atom. The van der Waals surface area contributed by atoms with Gasteiger partial charge in [0.15, 0.2) is 0 Å². The maximum absolute atomic E-state index is 11.3. The molecule has 5 heteroatoms. The molecule has 0 fully saturated rings. The third-order valence-corrected chi connectivity index (χ3v) is 1.93. The Labute approximate surface area is 90.1 Å². The summed E-state index contributed by atoms with van der Waals surface area (Å²) in [7, 11) is 1.34. The Kier molecular flexibility index (Phi) is 7.62. The van der Waals surface area contributed by atoms with Gasteiger partial charge in [-0.3, -0.25) is 9.59 Å². The standard InChI is InChI=1S/C10H19NO4/c1-4-8(10(13)15-5-2)11-7-6-9(12)14-3/h8,11H,4-7H2,1-3H3. The van der Waals surface area contributed by atoms with E-state index in [0.29, 0.717) is 19.6 Å². The number of nitrogens with one attached hydrogen (secondary N) is 1. The molecule has 0 bridgehead atoms. The van der Waals surface area contributed by atoms with Gasteiger partial charge in [0.2, 0.25) is 0 Å². The minimum absolute atomic E-state index is 0.256. The number of carbonyl (C=O) groups excluding carboxylic acids is 2. The molecule has 0 amide bonds. The highest BCUT2D eigenvalue weighted by atomic mass is 16.5. The van der Waals surface area contributed by atoms with Gasteiger partial charge < -0.3 is 14.8 Å². The first-order valence-electron chi connectivity index (χ1n) is 5.12. The minimum Gasteiger partial charge on any atom is -0.469 e. The SMILES string of the molecule is CCOC(=O)C(CC)NCCC(=O)OC. The second-order valence-corrected chi connectivity index (χ2v) is 2.99. The Bertz CT molecular complexity index is 206. The van der Waals surface area contributed by atoms with Crippen molar-refractivity contribution in [2.45, 2.75) is 32.7 Å². The lowest BCUT2D eigenvalue weighted by atomic mass is 10.2. The van der Waals surface area contributed by atoms with E-state index in [4.69, 9.17) is 4.74 Å². The molecule has 0 aliphatic rings. The van der Waals surface area contributed by atoms with Crippen molar-refractivity contribution in [1.29, 1.82) is 0 Å². The van der Waals surface area contributed by atoms with Crippen molar-refractivity contribution in [1.82, 2.24) is 5.32 Å². The van der Waals surface area contributed by atoms with E-state index in [-0.39, 0.29) is 24.4 Å². The summed E-state index contributed by atoms with van der Waals surface area (Å²) in [6, 6.07) is -0.338. The van der Waals surface area contributed by atoms with Crippen molar-refractivity contribution in [3.8, 4) is 0 Å². The molecule has 0 aromatic carbocycles. The second-order valence-electron chi connectivity index (χ2n) is 2.99. The van der Waals surface area contributed by atoms with Gasteiger partial charge in [-0.25, -0.2) is 0 Å². The van der Waals surface area contributed by atoms with Crippen LogP contribution >= 0.6 is 0 Å². The first-order chi connectivity index (χ1) is 7.15. The maximum atomic E-state index is 11.3. The van der Waals surface area contributed by atoms with Gasteiger partial charge in [0.05, 0.1) is 20.1 Å². The monoisotopic (exact) mass is 217 g/mol. The molecule has 88 valence electrons. The van der Waals surface area contributed by atoms with Crippen LogP contribution in [0, 0.1) is 0 Å². The molecule has 0 heterocycles. The maximum Gasteiger partial charge on any atom is 0.323 e. The first kappa shape index (κ1) is 13.9. The lowest BCUT2D eigenvalue weighted by molar-refractivity contribution is -0.146. The second kappa shape index (κ2) is 8.23. The van der Waals surface area contributed by atoms with Crippen LogP contribution in [0.2, 0.25) is 0 Å². The lowest BCUT2D eigenvalue weighted by Gasteiger charge is -2.14. The molecule has 0 radical (unpaired) electrons. The van der Waals surface area contributed by atoms with E-state index in [2.05, 4.69) is 10.1 Å². The van der Waals surface area contributed by atoms with E-state index in [9.17, 15) is 9.59 Å². The van der Waals surface area contributed by atoms with Gasteiger partial charge in [-0.05, 0) is 13.3 Å². The minimum atomic E-state index is -0.338. The van der Waals surface area contributed by atoms with E-state index in [1.165, 1.54) is 7.11 Å². The molecule has 1 N–H and O–H groups in total. The van der Waals surface area contributed by atoms with Crippen molar-refractivity contribution in [2.24, 2.45) is 0 Å². The van der Waals surface area contributed by atoms with E-state index in [0.717, 1.165) is 0 Å². The molecule has 0 rings (SSSR count). The smallest absolute Gasteiger partial charge is 0.323 e. The van der Waals surface area contributed by atoms with Gasteiger partial charge in [0.25, 0.3) is 0 Å². The first-order valence-corrected chi connectivity index (χ1v) is 5.12. The normalized spacial score (nSPS) is 11.9. The molecule has 0 spiro atoms. The molecule has 0 saturated heterocycles. The predicted octanol–water partition coefficient (Wildman–Crippen LogP) is 0.481. The topological polar surface area (TPSA) is 64.6 Å². The summed E-state index contributed by atoms with van der Waals surface area (Å²) in [4.78, 5) is 22.1. The molecule has 15 heavy (non-hydrogen) atoms. The molecular weight excluding hydrogens is 198 g/mol. The Balaban J connectivity index is 3.79. The average molecular weight is 217 g/mol. The van der Waals surface area contributed by atoms with Crippen molar-refractivity contribution < 1.29 is 19.1 Å². The van der Waals surface area contributed by atoms with Crippen LogP contribution in [-0.2, 0) is 19.1 Å². The van der Waals surface area contributed by atoms with Gasteiger partial charge in [-0.1, -0.05) is 6.92 Å². The summed E-state index contributed by atoms with van der Waals surface area (Å²) in [6.45, 7) is 4.43. The van der Waals surface area contributed by atoms with E-state index >= 15 is 0 Å². The van der Waals surface area contributed by atoms with Crippen molar-refractivity contribution in [3.63, 3.8) is 0 Å². The quantitative estimate of drug-likeness (QED) is 0.628. The fourth-order valence-corrected chi connectivity index (χ4v) is 1.09. The average Bonchev–Trinajstić information content (AvgIpc) is 2.24. The molecule has 0 aromatic rings. The summed E-state index contributed by atoms with van der Waals surface area (Å²) in [6.07, 6.45) is 0.895. The summed E-state index contributed by atoms with van der Waals surface area (Å²) in [5.74, 6) is -0.564. The van der Waals surface area contributed by atoms with E-state index in [1.54, 1.807) is 6.92 Å².